The molecule has 4 heteroatoms. The van der Waals surface area contributed by atoms with Crippen molar-refractivity contribution in [2.75, 3.05) is 13.1 Å². The molecule has 1 saturated heterocycles. The Hall–Kier alpha value is -0.610. The van der Waals surface area contributed by atoms with Gasteiger partial charge in [0.2, 0.25) is 0 Å². The standard InChI is InChI=1S/C9H18N2O2/c1-7-3-2-6-11(7)8(4-5-10)9(12)13/h7-8H,2-6,10H2,1H3,(H,12,13). The van der Waals surface area contributed by atoms with Crippen LogP contribution >= 0.6 is 0 Å². The Bertz CT molecular complexity index is 184. The Morgan fingerprint density at radius 3 is 2.85 bits per heavy atom. The molecule has 0 spiro atoms. The van der Waals surface area contributed by atoms with E-state index in [1.54, 1.807) is 0 Å². The summed E-state index contributed by atoms with van der Waals surface area (Å²) in [6, 6.07) is 0.0233. The summed E-state index contributed by atoms with van der Waals surface area (Å²) in [7, 11) is 0. The molecule has 4 nitrogen and oxygen atoms in total. The number of nitrogens with two attached hydrogens (primary N) is 1. The number of aliphatic carboxylic acids is 1. The molecule has 1 aliphatic heterocycles. The van der Waals surface area contributed by atoms with E-state index in [0.717, 1.165) is 19.4 Å². The molecule has 1 fully saturated rings. The highest BCUT2D eigenvalue weighted by atomic mass is 16.4. The number of carbonyl (C=O) groups is 1. The average Bonchev–Trinajstić information content (AvgIpc) is 2.47. The Morgan fingerprint density at radius 1 is 1.77 bits per heavy atom. The van der Waals surface area contributed by atoms with Gasteiger partial charge in [-0.2, -0.15) is 0 Å². The molecule has 0 aromatic heterocycles. The van der Waals surface area contributed by atoms with Crippen LogP contribution in [0.3, 0.4) is 0 Å². The molecule has 3 N–H and O–H groups in total. The molecule has 76 valence electrons. The van der Waals surface area contributed by atoms with Crippen LogP contribution in [0.1, 0.15) is 26.2 Å². The van der Waals surface area contributed by atoms with Crippen LogP contribution in [0.15, 0.2) is 0 Å². The van der Waals surface area contributed by atoms with Crippen molar-refractivity contribution >= 4 is 5.97 Å². The number of rotatable bonds is 4. The fourth-order valence-corrected chi connectivity index (χ4v) is 2.01. The fourth-order valence-electron chi connectivity index (χ4n) is 2.01. The summed E-state index contributed by atoms with van der Waals surface area (Å²) < 4.78 is 0. The predicted molar refractivity (Wildman–Crippen MR) is 50.5 cm³/mol. The maximum atomic E-state index is 10.9. The van der Waals surface area contributed by atoms with Crippen LogP contribution in [0, 0.1) is 0 Å². The van der Waals surface area contributed by atoms with Crippen molar-refractivity contribution < 1.29 is 9.90 Å². The smallest absolute Gasteiger partial charge is 0.320 e. The highest BCUT2D eigenvalue weighted by Crippen LogP contribution is 2.20. The van der Waals surface area contributed by atoms with Gasteiger partial charge < -0.3 is 10.8 Å². The first-order valence-corrected chi connectivity index (χ1v) is 4.85. The number of carboxylic acid groups (broad SMARTS) is 1. The third-order valence-corrected chi connectivity index (χ3v) is 2.73. The van der Waals surface area contributed by atoms with Gasteiger partial charge in [-0.05, 0) is 39.3 Å². The largest absolute Gasteiger partial charge is 0.480 e. The molecule has 1 aliphatic rings. The quantitative estimate of drug-likeness (QED) is 0.661. The summed E-state index contributed by atoms with van der Waals surface area (Å²) in [5.74, 6) is -0.737. The van der Waals surface area contributed by atoms with Crippen molar-refractivity contribution in [1.82, 2.24) is 4.90 Å². The Morgan fingerprint density at radius 2 is 2.46 bits per heavy atom. The maximum Gasteiger partial charge on any atom is 0.320 e. The number of nitrogens with zero attached hydrogens (tertiary/aromatic N) is 1. The zero-order chi connectivity index (χ0) is 9.84. The van der Waals surface area contributed by atoms with E-state index in [9.17, 15) is 4.79 Å². The van der Waals surface area contributed by atoms with Crippen molar-refractivity contribution in [1.29, 1.82) is 0 Å². The minimum Gasteiger partial charge on any atom is -0.480 e. The molecule has 2 atom stereocenters. The SMILES string of the molecule is CC1CCCN1C(CCN)C(=O)O. The van der Waals surface area contributed by atoms with E-state index in [2.05, 4.69) is 11.8 Å². The van der Waals surface area contributed by atoms with Gasteiger partial charge in [0.05, 0.1) is 0 Å². The minimum atomic E-state index is -0.737. The zero-order valence-corrected chi connectivity index (χ0v) is 8.07. The van der Waals surface area contributed by atoms with E-state index >= 15 is 0 Å². The van der Waals surface area contributed by atoms with Crippen molar-refractivity contribution in [3.05, 3.63) is 0 Å². The first-order valence-electron chi connectivity index (χ1n) is 4.85. The van der Waals surface area contributed by atoms with Gasteiger partial charge >= 0.3 is 5.97 Å². The number of hydrogen-bond donors (Lipinski definition) is 2. The van der Waals surface area contributed by atoms with Gasteiger partial charge in [0.25, 0.3) is 0 Å². The van der Waals surface area contributed by atoms with E-state index in [-0.39, 0.29) is 6.04 Å². The second-order valence-electron chi connectivity index (χ2n) is 3.66. The molecule has 1 rings (SSSR count). The summed E-state index contributed by atoms with van der Waals surface area (Å²) in [6.45, 7) is 3.43. The van der Waals surface area contributed by atoms with Gasteiger partial charge in [0, 0.05) is 6.04 Å². The minimum absolute atomic E-state index is 0.373. The second-order valence-corrected chi connectivity index (χ2v) is 3.66. The fraction of sp³-hybridized carbons (Fsp3) is 0.889. The van der Waals surface area contributed by atoms with Crippen LogP contribution in [-0.2, 0) is 4.79 Å². The van der Waals surface area contributed by atoms with Gasteiger partial charge in [-0.15, -0.1) is 0 Å². The molecule has 0 aliphatic carbocycles. The lowest BCUT2D eigenvalue weighted by molar-refractivity contribution is -0.143. The molecule has 0 aromatic carbocycles. The van der Waals surface area contributed by atoms with Crippen LogP contribution in [0.25, 0.3) is 0 Å². The van der Waals surface area contributed by atoms with Crippen LogP contribution in [-0.4, -0.2) is 41.1 Å². The Kier molecular flexibility index (Phi) is 3.69. The van der Waals surface area contributed by atoms with E-state index < -0.39 is 5.97 Å². The van der Waals surface area contributed by atoms with Crippen LogP contribution in [0.5, 0.6) is 0 Å². The molecule has 2 unspecified atom stereocenters. The van der Waals surface area contributed by atoms with Crippen molar-refractivity contribution in [3.63, 3.8) is 0 Å². The summed E-state index contributed by atoms with van der Waals surface area (Å²) in [6.07, 6.45) is 2.77. The number of hydrogen-bond acceptors (Lipinski definition) is 3. The van der Waals surface area contributed by atoms with Crippen LogP contribution in [0.4, 0.5) is 0 Å². The number of carboxylic acids is 1. The predicted octanol–water partition coefficient (Wildman–Crippen LogP) is 0.273. The number of likely N-dealkylation sites (tertiary alicyclic amines) is 1. The van der Waals surface area contributed by atoms with Gasteiger partial charge in [0.1, 0.15) is 6.04 Å². The van der Waals surface area contributed by atoms with Gasteiger partial charge in [-0.1, -0.05) is 0 Å². The molecular weight excluding hydrogens is 168 g/mol. The third kappa shape index (κ3) is 2.42. The van der Waals surface area contributed by atoms with Crippen LogP contribution < -0.4 is 5.73 Å². The first kappa shape index (κ1) is 10.5. The van der Waals surface area contributed by atoms with E-state index in [0.29, 0.717) is 19.0 Å². The second kappa shape index (κ2) is 4.58. The maximum absolute atomic E-state index is 10.9. The normalized spacial score (nSPS) is 26.2. The summed E-state index contributed by atoms with van der Waals surface area (Å²) in [5.41, 5.74) is 5.39. The lowest BCUT2D eigenvalue weighted by Gasteiger charge is -2.27. The van der Waals surface area contributed by atoms with E-state index in [1.165, 1.54) is 0 Å². The molecule has 0 saturated carbocycles. The molecule has 0 bridgehead atoms. The summed E-state index contributed by atoms with van der Waals surface area (Å²) >= 11 is 0. The highest BCUT2D eigenvalue weighted by Gasteiger charge is 2.31. The van der Waals surface area contributed by atoms with Gasteiger partial charge in [-0.25, -0.2) is 0 Å². The monoisotopic (exact) mass is 186 g/mol. The lowest BCUT2D eigenvalue weighted by atomic mass is 10.1. The average molecular weight is 186 g/mol. The van der Waals surface area contributed by atoms with Crippen molar-refractivity contribution in [2.45, 2.75) is 38.3 Å². The van der Waals surface area contributed by atoms with Crippen molar-refractivity contribution in [2.24, 2.45) is 5.73 Å². The van der Waals surface area contributed by atoms with Crippen molar-refractivity contribution in [3.8, 4) is 0 Å². The third-order valence-electron chi connectivity index (χ3n) is 2.73. The van der Waals surface area contributed by atoms with Gasteiger partial charge in [0.15, 0.2) is 0 Å². The topological polar surface area (TPSA) is 66.6 Å². The first-order chi connectivity index (χ1) is 6.16. The molecule has 0 aromatic rings. The molecular formula is C9H18N2O2. The van der Waals surface area contributed by atoms with Crippen LogP contribution in [0.2, 0.25) is 0 Å². The summed E-state index contributed by atoms with van der Waals surface area (Å²) in [4.78, 5) is 13.0. The molecule has 0 radical (unpaired) electrons. The summed E-state index contributed by atoms with van der Waals surface area (Å²) in [5, 5.41) is 8.99. The van der Waals surface area contributed by atoms with E-state index in [4.69, 9.17) is 10.8 Å². The highest BCUT2D eigenvalue weighted by molar-refractivity contribution is 5.73. The van der Waals surface area contributed by atoms with E-state index in [1.807, 2.05) is 0 Å². The Balaban J connectivity index is 2.57. The molecule has 1 heterocycles. The molecule has 13 heavy (non-hydrogen) atoms. The van der Waals surface area contributed by atoms with Gasteiger partial charge in [-0.3, -0.25) is 9.69 Å². The molecule has 0 amide bonds. The lowest BCUT2D eigenvalue weighted by Crippen LogP contribution is -2.44. The Labute approximate surface area is 78.7 Å². The zero-order valence-electron chi connectivity index (χ0n) is 8.07.